The number of benzene rings is 9. The van der Waals surface area contributed by atoms with Gasteiger partial charge in [0.1, 0.15) is 11.3 Å². The van der Waals surface area contributed by atoms with Gasteiger partial charge in [0.15, 0.2) is 23.1 Å². The van der Waals surface area contributed by atoms with Crippen molar-refractivity contribution < 1.29 is 4.42 Å². The van der Waals surface area contributed by atoms with Gasteiger partial charge in [0.2, 0.25) is 0 Å². The minimum atomic E-state index is 0.568. The van der Waals surface area contributed by atoms with Crippen molar-refractivity contribution in [1.29, 1.82) is 0 Å². The molecular formula is C53H30N4OS. The first kappa shape index (κ1) is 32.4. The van der Waals surface area contributed by atoms with Crippen LogP contribution in [0.4, 0.5) is 0 Å². The quantitative estimate of drug-likeness (QED) is 0.179. The minimum Gasteiger partial charge on any atom is -0.454 e. The van der Waals surface area contributed by atoms with E-state index in [2.05, 4.69) is 174 Å². The zero-order chi connectivity index (χ0) is 38.6. The van der Waals surface area contributed by atoms with Gasteiger partial charge >= 0.3 is 0 Å². The average Bonchev–Trinajstić information content (AvgIpc) is 3.97. The topological polar surface area (TPSA) is 56.7 Å². The Morgan fingerprint density at radius 3 is 1.86 bits per heavy atom. The summed E-state index contributed by atoms with van der Waals surface area (Å²) >= 11 is 1.79. The average molecular weight is 771 g/mol. The molecule has 0 radical (unpaired) electrons. The Balaban J connectivity index is 1.19. The lowest BCUT2D eigenvalue weighted by molar-refractivity contribution is 0.666. The van der Waals surface area contributed by atoms with Crippen molar-refractivity contribution in [1.82, 2.24) is 19.5 Å². The van der Waals surface area contributed by atoms with E-state index < -0.39 is 0 Å². The summed E-state index contributed by atoms with van der Waals surface area (Å²) in [7, 11) is 0. The Labute approximate surface area is 341 Å². The fraction of sp³-hybridized carbons (Fsp3) is 0. The second-order valence-corrected chi connectivity index (χ2v) is 16.2. The standard InChI is InChI=1S/C53H30N4OS/c1-2-15-33-30-44-42(29-32(33)14-1)35-18-5-8-23-43(35)57(44)49-41(28-27-37-36-19-6-9-24-45(36)58-50(37)49)53-55-51(38-21-11-16-31-13-3-4-17-34(31)38)54-52(56-53)40-22-12-26-47-48(40)39-20-7-10-25-46(39)59-47/h1-30H. The summed E-state index contributed by atoms with van der Waals surface area (Å²) in [5.41, 5.74) is 7.42. The number of aromatic nitrogens is 4. The molecule has 0 bridgehead atoms. The molecule has 6 heteroatoms. The Hall–Kier alpha value is -7.67. The van der Waals surface area contributed by atoms with Crippen LogP contribution in [0.25, 0.3) is 125 Å². The van der Waals surface area contributed by atoms with E-state index in [0.29, 0.717) is 17.5 Å². The largest absolute Gasteiger partial charge is 0.454 e. The number of hydrogen-bond donors (Lipinski definition) is 0. The first-order valence-corrected chi connectivity index (χ1v) is 20.6. The van der Waals surface area contributed by atoms with Gasteiger partial charge in [-0.25, -0.2) is 15.0 Å². The zero-order valence-electron chi connectivity index (χ0n) is 31.4. The van der Waals surface area contributed by atoms with Crippen LogP contribution in [0.1, 0.15) is 0 Å². The maximum absolute atomic E-state index is 6.95. The SMILES string of the molecule is c1ccc2cc3c(cc2c1)c1ccccc1n3-c1c(-c2nc(-c3cccc4ccccc34)nc(-c3cccc4sc5ccccc5c34)n2)ccc2c1oc1ccccc12. The van der Waals surface area contributed by atoms with Crippen molar-refractivity contribution in [3.05, 3.63) is 182 Å². The van der Waals surface area contributed by atoms with Gasteiger partial charge in [-0.3, -0.25) is 0 Å². The molecule has 59 heavy (non-hydrogen) atoms. The maximum atomic E-state index is 6.95. The second kappa shape index (κ2) is 12.4. The van der Waals surface area contributed by atoms with Crippen molar-refractivity contribution in [2.45, 2.75) is 0 Å². The predicted octanol–water partition coefficient (Wildman–Crippen LogP) is 14.5. The van der Waals surface area contributed by atoms with Gasteiger partial charge in [-0.05, 0) is 70.1 Å². The molecule has 0 saturated carbocycles. The Kier molecular flexibility index (Phi) is 6.82. The van der Waals surface area contributed by atoms with Crippen LogP contribution in [-0.4, -0.2) is 19.5 Å². The first-order valence-electron chi connectivity index (χ1n) is 19.8. The van der Waals surface area contributed by atoms with Gasteiger partial charge in [-0.2, -0.15) is 0 Å². The normalized spacial score (nSPS) is 12.1. The number of hydrogen-bond acceptors (Lipinski definition) is 5. The second-order valence-electron chi connectivity index (χ2n) is 15.1. The molecule has 0 unspecified atom stereocenters. The highest BCUT2D eigenvalue weighted by molar-refractivity contribution is 7.25. The summed E-state index contributed by atoms with van der Waals surface area (Å²) in [6.45, 7) is 0. The van der Waals surface area contributed by atoms with Crippen LogP contribution in [0.3, 0.4) is 0 Å². The molecule has 0 aliphatic carbocycles. The van der Waals surface area contributed by atoms with E-state index in [4.69, 9.17) is 19.4 Å². The maximum Gasteiger partial charge on any atom is 0.166 e. The number of nitrogens with zero attached hydrogens (tertiary/aromatic N) is 4. The van der Waals surface area contributed by atoms with Crippen molar-refractivity contribution in [2.24, 2.45) is 0 Å². The van der Waals surface area contributed by atoms with E-state index in [9.17, 15) is 0 Å². The van der Waals surface area contributed by atoms with Crippen LogP contribution in [-0.2, 0) is 0 Å². The third-order valence-electron chi connectivity index (χ3n) is 11.8. The van der Waals surface area contributed by atoms with Crippen LogP contribution in [0.15, 0.2) is 186 Å². The van der Waals surface area contributed by atoms with E-state index in [-0.39, 0.29) is 0 Å². The molecule has 4 aromatic heterocycles. The van der Waals surface area contributed by atoms with Gasteiger partial charge in [0, 0.05) is 58.4 Å². The van der Waals surface area contributed by atoms with Crippen molar-refractivity contribution in [2.75, 3.05) is 0 Å². The third-order valence-corrected chi connectivity index (χ3v) is 13.0. The van der Waals surface area contributed by atoms with Crippen LogP contribution in [0.2, 0.25) is 0 Å². The number of thiophene rings is 1. The highest BCUT2D eigenvalue weighted by Crippen LogP contribution is 2.45. The van der Waals surface area contributed by atoms with Gasteiger partial charge in [-0.1, -0.05) is 133 Å². The van der Waals surface area contributed by atoms with E-state index in [0.717, 1.165) is 76.9 Å². The lowest BCUT2D eigenvalue weighted by atomic mass is 10.0. The molecule has 0 spiro atoms. The Morgan fingerprint density at radius 1 is 0.390 bits per heavy atom. The molecule has 0 aliphatic heterocycles. The summed E-state index contributed by atoms with van der Waals surface area (Å²) in [5, 5.41) is 11.3. The molecule has 9 aromatic carbocycles. The first-order chi connectivity index (χ1) is 29.2. The minimum absolute atomic E-state index is 0.568. The highest BCUT2D eigenvalue weighted by atomic mass is 32.1. The van der Waals surface area contributed by atoms with Crippen LogP contribution in [0.5, 0.6) is 0 Å². The summed E-state index contributed by atoms with van der Waals surface area (Å²) in [4.78, 5) is 16.3. The number of fused-ring (bicyclic) bond motifs is 11. The summed E-state index contributed by atoms with van der Waals surface area (Å²) in [5.74, 6) is 1.80. The lowest BCUT2D eigenvalue weighted by Gasteiger charge is -2.16. The fourth-order valence-electron chi connectivity index (χ4n) is 9.19. The molecule has 4 heterocycles. The van der Waals surface area contributed by atoms with Gasteiger partial charge in [-0.15, -0.1) is 11.3 Å². The zero-order valence-corrected chi connectivity index (χ0v) is 32.2. The van der Waals surface area contributed by atoms with Crippen LogP contribution >= 0.6 is 11.3 Å². The summed E-state index contributed by atoms with van der Waals surface area (Å²) in [6.07, 6.45) is 0. The lowest BCUT2D eigenvalue weighted by Crippen LogP contribution is -2.04. The van der Waals surface area contributed by atoms with Gasteiger partial charge < -0.3 is 8.98 Å². The van der Waals surface area contributed by atoms with E-state index in [1.165, 1.54) is 30.9 Å². The fourth-order valence-corrected chi connectivity index (χ4v) is 10.3. The molecular weight excluding hydrogens is 741 g/mol. The molecule has 0 N–H and O–H groups in total. The Morgan fingerprint density at radius 2 is 1.00 bits per heavy atom. The van der Waals surface area contributed by atoms with Crippen LogP contribution < -0.4 is 0 Å². The number of rotatable bonds is 4. The predicted molar refractivity (Wildman–Crippen MR) is 246 cm³/mol. The monoisotopic (exact) mass is 770 g/mol. The summed E-state index contributed by atoms with van der Waals surface area (Å²) in [6, 6.07) is 64.3. The van der Waals surface area contributed by atoms with E-state index in [1.54, 1.807) is 11.3 Å². The number of para-hydroxylation sites is 2. The molecule has 13 aromatic rings. The molecule has 0 amide bonds. The van der Waals surface area contributed by atoms with Crippen molar-refractivity contribution in [3.63, 3.8) is 0 Å². The van der Waals surface area contributed by atoms with Crippen molar-refractivity contribution in [3.8, 4) is 39.9 Å². The van der Waals surface area contributed by atoms with Gasteiger partial charge in [0.05, 0.1) is 11.0 Å². The molecule has 0 aliphatic rings. The Bertz CT molecular complexity index is 3870. The molecule has 0 fully saturated rings. The molecule has 0 saturated heterocycles. The van der Waals surface area contributed by atoms with E-state index >= 15 is 0 Å². The van der Waals surface area contributed by atoms with Crippen LogP contribution in [0, 0.1) is 0 Å². The summed E-state index contributed by atoms with van der Waals surface area (Å²) < 4.78 is 11.7. The molecule has 13 rings (SSSR count). The highest BCUT2D eigenvalue weighted by Gasteiger charge is 2.25. The molecule has 5 nitrogen and oxygen atoms in total. The molecule has 0 atom stereocenters. The van der Waals surface area contributed by atoms with Crippen molar-refractivity contribution >= 4 is 96.8 Å². The van der Waals surface area contributed by atoms with E-state index in [1.807, 2.05) is 12.1 Å². The third kappa shape index (κ3) is 4.81. The number of furan rings is 1. The molecule has 274 valence electrons. The smallest absolute Gasteiger partial charge is 0.166 e. The van der Waals surface area contributed by atoms with Gasteiger partial charge in [0.25, 0.3) is 0 Å².